The predicted octanol–water partition coefficient (Wildman–Crippen LogP) is 1.49. The number of rotatable bonds is 4. The van der Waals surface area contributed by atoms with Crippen LogP contribution in [0.1, 0.15) is 5.56 Å². The van der Waals surface area contributed by atoms with Crippen LogP contribution in [0, 0.1) is 0 Å². The second-order valence-electron chi connectivity index (χ2n) is 3.32. The number of carboxylic acid groups (broad SMARTS) is 1. The maximum absolute atomic E-state index is 10.9. The van der Waals surface area contributed by atoms with Crippen LogP contribution in [0.5, 0.6) is 0 Å². The van der Waals surface area contributed by atoms with Gasteiger partial charge in [-0.1, -0.05) is 0 Å². The monoisotopic (exact) mass is 264 g/mol. The first-order valence-corrected chi connectivity index (χ1v) is 5.72. The van der Waals surface area contributed by atoms with Crippen molar-refractivity contribution in [2.45, 2.75) is 0 Å². The SMILES string of the molecule is O=C(O)C(=O)C=C(O)c1cnn(-c2cccs2)c1. The van der Waals surface area contributed by atoms with Gasteiger partial charge in [0.15, 0.2) is 0 Å². The fraction of sp³-hybridized carbons (Fsp3) is 0. The summed E-state index contributed by atoms with van der Waals surface area (Å²) in [6, 6.07) is 3.69. The van der Waals surface area contributed by atoms with Crippen molar-refractivity contribution >= 4 is 28.8 Å². The van der Waals surface area contributed by atoms with Gasteiger partial charge in [0.05, 0.1) is 11.8 Å². The Labute approximate surface area is 105 Å². The van der Waals surface area contributed by atoms with Crippen LogP contribution in [-0.2, 0) is 9.59 Å². The second kappa shape index (κ2) is 4.84. The van der Waals surface area contributed by atoms with E-state index in [9.17, 15) is 14.7 Å². The lowest BCUT2D eigenvalue weighted by Gasteiger charge is -1.94. The lowest BCUT2D eigenvalue weighted by Crippen LogP contribution is -2.09. The van der Waals surface area contributed by atoms with E-state index in [1.54, 1.807) is 0 Å². The van der Waals surface area contributed by atoms with Crippen molar-refractivity contribution in [1.29, 1.82) is 0 Å². The summed E-state index contributed by atoms with van der Waals surface area (Å²) in [5.74, 6) is -3.23. The first kappa shape index (κ1) is 12.1. The van der Waals surface area contributed by atoms with E-state index in [0.717, 1.165) is 5.00 Å². The number of ketones is 1. The molecular formula is C11H8N2O4S. The second-order valence-corrected chi connectivity index (χ2v) is 4.25. The van der Waals surface area contributed by atoms with Gasteiger partial charge in [0.2, 0.25) is 0 Å². The highest BCUT2D eigenvalue weighted by Gasteiger charge is 2.12. The van der Waals surface area contributed by atoms with Crippen LogP contribution in [0.3, 0.4) is 0 Å². The standard InChI is InChI=1S/C11H8N2O4S/c14-8(4-9(15)11(16)17)7-5-12-13(6-7)10-2-1-3-18-10/h1-6,14H,(H,16,17). The number of aromatic nitrogens is 2. The average molecular weight is 264 g/mol. The van der Waals surface area contributed by atoms with Crippen LogP contribution in [0.2, 0.25) is 0 Å². The molecule has 0 fully saturated rings. The molecule has 92 valence electrons. The Kier molecular flexibility index (Phi) is 3.24. The smallest absolute Gasteiger partial charge is 0.376 e. The Morgan fingerprint density at radius 2 is 2.17 bits per heavy atom. The van der Waals surface area contributed by atoms with Gasteiger partial charge in [-0.15, -0.1) is 11.3 Å². The van der Waals surface area contributed by atoms with Gasteiger partial charge in [-0.25, -0.2) is 9.48 Å². The van der Waals surface area contributed by atoms with Gasteiger partial charge < -0.3 is 10.2 Å². The third kappa shape index (κ3) is 2.46. The number of carbonyl (C=O) groups is 2. The van der Waals surface area contributed by atoms with Gasteiger partial charge >= 0.3 is 5.97 Å². The van der Waals surface area contributed by atoms with E-state index >= 15 is 0 Å². The summed E-state index contributed by atoms with van der Waals surface area (Å²) in [4.78, 5) is 21.2. The van der Waals surface area contributed by atoms with Gasteiger partial charge in [-0.3, -0.25) is 4.79 Å². The fourth-order valence-electron chi connectivity index (χ4n) is 1.25. The van der Waals surface area contributed by atoms with Gasteiger partial charge in [0.25, 0.3) is 5.78 Å². The summed E-state index contributed by atoms with van der Waals surface area (Å²) in [6.07, 6.45) is 3.51. The molecule has 0 saturated carbocycles. The van der Waals surface area contributed by atoms with Crippen LogP contribution in [0.25, 0.3) is 10.8 Å². The molecule has 0 spiro atoms. The molecule has 2 N–H and O–H groups in total. The maximum atomic E-state index is 10.9. The van der Waals surface area contributed by atoms with Crippen LogP contribution in [0.15, 0.2) is 36.0 Å². The van der Waals surface area contributed by atoms with E-state index in [4.69, 9.17) is 5.11 Å². The molecule has 0 aromatic carbocycles. The third-order valence-corrected chi connectivity index (χ3v) is 2.95. The van der Waals surface area contributed by atoms with E-state index in [1.165, 1.54) is 28.4 Å². The number of hydrogen-bond acceptors (Lipinski definition) is 5. The number of carbonyl (C=O) groups excluding carboxylic acids is 1. The Morgan fingerprint density at radius 3 is 2.78 bits per heavy atom. The minimum Gasteiger partial charge on any atom is -0.507 e. The number of thiophene rings is 1. The summed E-state index contributed by atoms with van der Waals surface area (Å²) in [6.45, 7) is 0. The molecule has 6 nitrogen and oxygen atoms in total. The van der Waals surface area contributed by atoms with Crippen LogP contribution in [-0.4, -0.2) is 31.7 Å². The fourth-order valence-corrected chi connectivity index (χ4v) is 1.91. The van der Waals surface area contributed by atoms with Crippen molar-refractivity contribution in [1.82, 2.24) is 9.78 Å². The molecule has 0 aliphatic carbocycles. The van der Waals surface area contributed by atoms with E-state index in [0.29, 0.717) is 6.08 Å². The van der Waals surface area contributed by atoms with Crippen molar-refractivity contribution in [3.05, 3.63) is 41.5 Å². The first-order valence-electron chi connectivity index (χ1n) is 4.85. The molecule has 7 heteroatoms. The molecule has 0 radical (unpaired) electrons. The summed E-state index contributed by atoms with van der Waals surface area (Å²) < 4.78 is 1.52. The van der Waals surface area contributed by atoms with Crippen molar-refractivity contribution in [3.63, 3.8) is 0 Å². The van der Waals surface area contributed by atoms with Crippen molar-refractivity contribution in [2.24, 2.45) is 0 Å². The quantitative estimate of drug-likeness (QED) is 0.496. The Bertz CT molecular complexity index is 613. The van der Waals surface area contributed by atoms with Crippen molar-refractivity contribution in [2.75, 3.05) is 0 Å². The van der Waals surface area contributed by atoms with E-state index in [1.807, 2.05) is 17.5 Å². The van der Waals surface area contributed by atoms with Crippen LogP contribution >= 0.6 is 11.3 Å². The largest absolute Gasteiger partial charge is 0.507 e. The number of aliphatic hydroxyl groups excluding tert-OH is 1. The number of aliphatic hydroxyl groups is 1. The summed E-state index contributed by atoms with van der Waals surface area (Å²) in [5, 5.41) is 24.7. The molecule has 2 aromatic heterocycles. The zero-order valence-corrected chi connectivity index (χ0v) is 9.79. The molecule has 18 heavy (non-hydrogen) atoms. The number of carboxylic acids is 1. The minimum atomic E-state index is -1.62. The molecule has 2 aromatic rings. The van der Waals surface area contributed by atoms with Crippen molar-refractivity contribution < 1.29 is 19.8 Å². The number of hydrogen-bond donors (Lipinski definition) is 2. The van der Waals surface area contributed by atoms with Crippen LogP contribution < -0.4 is 0 Å². The van der Waals surface area contributed by atoms with E-state index in [2.05, 4.69) is 5.10 Å². The molecule has 0 aliphatic rings. The van der Waals surface area contributed by atoms with Crippen molar-refractivity contribution in [3.8, 4) is 5.00 Å². The first-order chi connectivity index (χ1) is 8.58. The lowest BCUT2D eigenvalue weighted by atomic mass is 10.2. The highest BCUT2D eigenvalue weighted by Crippen LogP contribution is 2.17. The average Bonchev–Trinajstić information content (AvgIpc) is 2.99. The Hall–Kier alpha value is -2.41. The molecule has 2 rings (SSSR count). The highest BCUT2D eigenvalue weighted by atomic mass is 32.1. The molecule has 0 bridgehead atoms. The zero-order valence-electron chi connectivity index (χ0n) is 8.98. The maximum Gasteiger partial charge on any atom is 0.376 e. The molecular weight excluding hydrogens is 256 g/mol. The molecule has 2 heterocycles. The highest BCUT2D eigenvalue weighted by molar-refractivity contribution is 7.12. The molecule has 0 atom stereocenters. The molecule has 0 saturated heterocycles. The molecule has 0 aliphatic heterocycles. The minimum absolute atomic E-state index is 0.276. The van der Waals surface area contributed by atoms with Crippen LogP contribution in [0.4, 0.5) is 0 Å². The van der Waals surface area contributed by atoms with E-state index in [-0.39, 0.29) is 5.56 Å². The van der Waals surface area contributed by atoms with Gasteiger partial charge in [-0.2, -0.15) is 5.10 Å². The summed E-state index contributed by atoms with van der Waals surface area (Å²) in [7, 11) is 0. The molecule has 0 amide bonds. The molecule has 0 unspecified atom stereocenters. The Morgan fingerprint density at radius 1 is 1.39 bits per heavy atom. The number of aliphatic carboxylic acids is 1. The number of nitrogens with zero attached hydrogens (tertiary/aromatic N) is 2. The van der Waals surface area contributed by atoms with E-state index < -0.39 is 17.5 Å². The van der Waals surface area contributed by atoms with Gasteiger partial charge in [0, 0.05) is 12.3 Å². The normalized spacial score (nSPS) is 11.4. The topological polar surface area (TPSA) is 92.4 Å². The predicted molar refractivity (Wildman–Crippen MR) is 64.7 cm³/mol. The van der Waals surface area contributed by atoms with Gasteiger partial charge in [-0.05, 0) is 17.5 Å². The van der Waals surface area contributed by atoms with Gasteiger partial charge in [0.1, 0.15) is 10.8 Å². The lowest BCUT2D eigenvalue weighted by molar-refractivity contribution is -0.146. The third-order valence-electron chi connectivity index (χ3n) is 2.09. The summed E-state index contributed by atoms with van der Waals surface area (Å²) >= 11 is 1.46. The Balaban J connectivity index is 2.25. The summed E-state index contributed by atoms with van der Waals surface area (Å²) in [5.41, 5.74) is 0.276. The zero-order chi connectivity index (χ0) is 13.1.